The molecular weight excluding hydrogens is 276 g/mol. The molecule has 0 unspecified atom stereocenters. The summed E-state index contributed by atoms with van der Waals surface area (Å²) in [7, 11) is -3.47. The molecule has 1 amide bonds. The molecule has 7 heteroatoms. The van der Waals surface area contributed by atoms with Gasteiger partial charge in [0, 0.05) is 17.1 Å². The van der Waals surface area contributed by atoms with Gasteiger partial charge in [0.1, 0.15) is 0 Å². The highest BCUT2D eigenvalue weighted by atomic mass is 35.5. The van der Waals surface area contributed by atoms with Crippen LogP contribution in [-0.2, 0) is 10.0 Å². The maximum Gasteiger partial charge on any atom is 0.251 e. The van der Waals surface area contributed by atoms with E-state index in [9.17, 15) is 13.2 Å². The number of carbonyl (C=O) groups is 1. The highest BCUT2D eigenvalue weighted by Crippen LogP contribution is 2.16. The van der Waals surface area contributed by atoms with Crippen molar-refractivity contribution in [3.8, 4) is 0 Å². The summed E-state index contributed by atoms with van der Waals surface area (Å²) in [6.07, 6.45) is 0.289. The molecular formula is C11H15ClN2O3S. The highest BCUT2D eigenvalue weighted by Gasteiger charge is 2.07. The quantitative estimate of drug-likeness (QED) is 0.795. The maximum absolute atomic E-state index is 11.7. The van der Waals surface area contributed by atoms with Crippen molar-refractivity contribution in [1.29, 1.82) is 0 Å². The van der Waals surface area contributed by atoms with Crippen molar-refractivity contribution in [1.82, 2.24) is 5.32 Å². The lowest BCUT2D eigenvalue weighted by atomic mass is 10.1. The molecule has 100 valence electrons. The molecule has 0 spiro atoms. The van der Waals surface area contributed by atoms with Crippen LogP contribution >= 0.6 is 11.6 Å². The summed E-state index contributed by atoms with van der Waals surface area (Å²) in [6.45, 7) is 2.07. The summed E-state index contributed by atoms with van der Waals surface area (Å²) >= 11 is 5.85. The van der Waals surface area contributed by atoms with E-state index in [1.807, 2.05) is 0 Å². The van der Waals surface area contributed by atoms with E-state index in [4.69, 9.17) is 16.7 Å². The third-order valence-corrected chi connectivity index (χ3v) is 3.59. The summed E-state index contributed by atoms with van der Waals surface area (Å²) < 4.78 is 21.4. The second-order valence-corrected chi connectivity index (χ2v) is 6.08. The number of benzene rings is 1. The fourth-order valence-electron chi connectivity index (χ4n) is 1.36. The second-order valence-electron chi connectivity index (χ2n) is 3.94. The minimum Gasteiger partial charge on any atom is -0.352 e. The van der Waals surface area contributed by atoms with E-state index in [-0.39, 0.29) is 24.6 Å². The monoisotopic (exact) mass is 290 g/mol. The first kappa shape index (κ1) is 14.9. The molecule has 0 aliphatic heterocycles. The molecule has 0 heterocycles. The van der Waals surface area contributed by atoms with Crippen molar-refractivity contribution in [2.45, 2.75) is 13.3 Å². The summed E-state index contributed by atoms with van der Waals surface area (Å²) in [5.41, 5.74) is 1.31. The van der Waals surface area contributed by atoms with Crippen molar-refractivity contribution in [2.75, 3.05) is 12.3 Å². The first-order valence-corrected chi connectivity index (χ1v) is 7.44. The van der Waals surface area contributed by atoms with Crippen LogP contribution in [0.3, 0.4) is 0 Å². The topological polar surface area (TPSA) is 89.3 Å². The average molecular weight is 291 g/mol. The third kappa shape index (κ3) is 5.03. The number of amides is 1. The van der Waals surface area contributed by atoms with E-state index < -0.39 is 10.0 Å². The summed E-state index contributed by atoms with van der Waals surface area (Å²) in [6, 6.07) is 4.94. The van der Waals surface area contributed by atoms with Gasteiger partial charge in [0.05, 0.1) is 5.75 Å². The Hall–Kier alpha value is -1.11. The number of nitrogens with two attached hydrogens (primary N) is 1. The van der Waals surface area contributed by atoms with Crippen molar-refractivity contribution < 1.29 is 13.2 Å². The zero-order valence-corrected chi connectivity index (χ0v) is 11.5. The minimum atomic E-state index is -3.47. The van der Waals surface area contributed by atoms with E-state index in [1.165, 1.54) is 0 Å². The van der Waals surface area contributed by atoms with Crippen LogP contribution in [0.2, 0.25) is 5.02 Å². The van der Waals surface area contributed by atoms with Gasteiger partial charge in [0.15, 0.2) is 0 Å². The number of halogens is 1. The van der Waals surface area contributed by atoms with Gasteiger partial charge in [-0.2, -0.15) is 0 Å². The minimum absolute atomic E-state index is 0.146. The molecule has 5 nitrogen and oxygen atoms in total. The first-order valence-electron chi connectivity index (χ1n) is 5.34. The summed E-state index contributed by atoms with van der Waals surface area (Å²) in [5.74, 6) is -0.406. The predicted molar refractivity (Wildman–Crippen MR) is 71.1 cm³/mol. The van der Waals surface area contributed by atoms with E-state index in [0.717, 1.165) is 5.56 Å². The normalized spacial score (nSPS) is 11.3. The molecule has 0 aliphatic carbocycles. The third-order valence-electron chi connectivity index (χ3n) is 2.31. The van der Waals surface area contributed by atoms with Crippen molar-refractivity contribution in [3.63, 3.8) is 0 Å². The van der Waals surface area contributed by atoms with E-state index in [0.29, 0.717) is 10.6 Å². The molecule has 0 saturated carbocycles. The standard InChI is InChI=1S/C11H15ClN2O3S/c1-8-7-9(3-4-10(8)12)11(15)14-5-2-6-18(13,16)17/h3-4,7H,2,5-6H2,1H3,(H,14,15)(H2,13,16,17). The molecule has 1 aromatic carbocycles. The fraction of sp³-hybridized carbons (Fsp3) is 0.364. The Balaban J connectivity index is 2.48. The average Bonchev–Trinajstić information content (AvgIpc) is 2.26. The number of hydrogen-bond acceptors (Lipinski definition) is 3. The SMILES string of the molecule is Cc1cc(C(=O)NCCCS(N)(=O)=O)ccc1Cl. The molecule has 3 N–H and O–H groups in total. The second kappa shape index (κ2) is 6.17. The van der Waals surface area contributed by atoms with E-state index in [2.05, 4.69) is 5.32 Å². The van der Waals surface area contributed by atoms with Crippen molar-refractivity contribution >= 4 is 27.5 Å². The Morgan fingerprint density at radius 3 is 2.67 bits per heavy atom. The van der Waals surface area contributed by atoms with Crippen LogP contribution in [0.1, 0.15) is 22.3 Å². The summed E-state index contributed by atoms with van der Waals surface area (Å²) in [4.78, 5) is 11.7. The number of primary sulfonamides is 1. The lowest BCUT2D eigenvalue weighted by Crippen LogP contribution is -2.27. The lowest BCUT2D eigenvalue weighted by Gasteiger charge is -2.06. The van der Waals surface area contributed by atoms with Crippen LogP contribution < -0.4 is 10.5 Å². The first-order chi connectivity index (χ1) is 8.29. The summed E-state index contributed by atoms with van der Waals surface area (Å²) in [5, 5.41) is 8.06. The van der Waals surface area contributed by atoms with Crippen LogP contribution in [0.4, 0.5) is 0 Å². The van der Waals surface area contributed by atoms with Gasteiger partial charge in [0.25, 0.3) is 5.91 Å². The Morgan fingerprint density at radius 1 is 1.44 bits per heavy atom. The Morgan fingerprint density at radius 2 is 2.11 bits per heavy atom. The lowest BCUT2D eigenvalue weighted by molar-refractivity contribution is 0.0953. The molecule has 0 fully saturated rings. The number of hydrogen-bond donors (Lipinski definition) is 2. The van der Waals surface area contributed by atoms with Gasteiger partial charge in [-0.15, -0.1) is 0 Å². The van der Waals surface area contributed by atoms with Gasteiger partial charge in [-0.1, -0.05) is 11.6 Å². The molecule has 1 rings (SSSR count). The number of nitrogens with one attached hydrogen (secondary N) is 1. The van der Waals surface area contributed by atoms with Gasteiger partial charge in [0.2, 0.25) is 10.0 Å². The Kier molecular flexibility index (Phi) is 5.13. The van der Waals surface area contributed by atoms with Crippen LogP contribution in [0.15, 0.2) is 18.2 Å². The zero-order chi connectivity index (χ0) is 13.8. The largest absolute Gasteiger partial charge is 0.352 e. The van der Waals surface area contributed by atoms with Gasteiger partial charge >= 0.3 is 0 Å². The fourth-order valence-corrected chi connectivity index (χ4v) is 2.03. The highest BCUT2D eigenvalue weighted by molar-refractivity contribution is 7.89. The maximum atomic E-state index is 11.7. The van der Waals surface area contributed by atoms with Crippen LogP contribution in [0.25, 0.3) is 0 Å². The predicted octanol–water partition coefficient (Wildman–Crippen LogP) is 1.06. The molecule has 0 bridgehead atoms. The number of rotatable bonds is 5. The van der Waals surface area contributed by atoms with Crippen molar-refractivity contribution in [2.24, 2.45) is 5.14 Å². The van der Waals surface area contributed by atoms with E-state index >= 15 is 0 Å². The molecule has 0 atom stereocenters. The van der Waals surface area contributed by atoms with Crippen molar-refractivity contribution in [3.05, 3.63) is 34.3 Å². The van der Waals surface area contributed by atoms with Crippen LogP contribution in [0, 0.1) is 6.92 Å². The molecule has 0 aliphatic rings. The van der Waals surface area contributed by atoms with Gasteiger partial charge < -0.3 is 5.32 Å². The Labute approximate surface area is 111 Å². The van der Waals surface area contributed by atoms with Gasteiger partial charge in [-0.3, -0.25) is 4.79 Å². The molecule has 18 heavy (non-hydrogen) atoms. The smallest absolute Gasteiger partial charge is 0.251 e. The number of aryl methyl sites for hydroxylation is 1. The zero-order valence-electron chi connectivity index (χ0n) is 9.94. The molecule has 1 aromatic rings. The van der Waals surface area contributed by atoms with Gasteiger partial charge in [-0.25, -0.2) is 13.6 Å². The Bertz CT molecular complexity index is 543. The molecule has 0 aromatic heterocycles. The van der Waals surface area contributed by atoms with Gasteiger partial charge in [-0.05, 0) is 37.1 Å². The van der Waals surface area contributed by atoms with Crippen LogP contribution in [-0.4, -0.2) is 26.6 Å². The number of carbonyl (C=O) groups excluding carboxylic acids is 1. The van der Waals surface area contributed by atoms with Crippen LogP contribution in [0.5, 0.6) is 0 Å². The number of sulfonamides is 1. The molecule has 0 radical (unpaired) electrons. The molecule has 0 saturated heterocycles. The van der Waals surface area contributed by atoms with E-state index in [1.54, 1.807) is 25.1 Å².